The van der Waals surface area contributed by atoms with Crippen molar-refractivity contribution in [2.75, 3.05) is 0 Å². The van der Waals surface area contributed by atoms with Crippen LogP contribution in [0.2, 0.25) is 0 Å². The number of ether oxygens (including phenoxy) is 1. The second-order valence-corrected chi connectivity index (χ2v) is 4.31. The van der Waals surface area contributed by atoms with Crippen molar-refractivity contribution in [1.29, 1.82) is 0 Å². The summed E-state index contributed by atoms with van der Waals surface area (Å²) >= 11 is 0. The summed E-state index contributed by atoms with van der Waals surface area (Å²) in [5.74, 6) is 0.865. The van der Waals surface area contributed by atoms with Gasteiger partial charge in [-0.3, -0.25) is 0 Å². The molecule has 1 aliphatic heterocycles. The van der Waals surface area contributed by atoms with E-state index >= 15 is 0 Å². The van der Waals surface area contributed by atoms with Gasteiger partial charge in [-0.2, -0.15) is 0 Å². The number of hydrogen-bond acceptors (Lipinski definition) is 2. The molecule has 0 unspecified atom stereocenters. The zero-order valence-electron chi connectivity index (χ0n) is 13.1. The number of hydrogen-bond donors (Lipinski definition) is 1. The summed E-state index contributed by atoms with van der Waals surface area (Å²) in [5.41, 5.74) is 4.23. The standard InChI is InChI=1S/C16H14O2.3CO.Cr/c17-10-13-7-4-8-14-11-18-16(9-15(13)14)12-5-2-1-3-6-12;3*1-2;/h1-9,17H,10-11H2;;;;. The summed E-state index contributed by atoms with van der Waals surface area (Å²) in [5, 5.41) is 9.38. The minimum atomic E-state index is 0. The van der Waals surface area contributed by atoms with Gasteiger partial charge in [-0.1, -0.05) is 48.5 Å². The first-order chi connectivity index (χ1) is 11.9. The molecule has 1 heterocycles. The van der Waals surface area contributed by atoms with Crippen molar-refractivity contribution in [3.8, 4) is 0 Å². The molecule has 0 aromatic heterocycles. The summed E-state index contributed by atoms with van der Waals surface area (Å²) in [4.78, 5) is 0. The van der Waals surface area contributed by atoms with Gasteiger partial charge in [-0.15, -0.1) is 0 Å². The van der Waals surface area contributed by atoms with E-state index in [0.717, 1.165) is 28.0 Å². The van der Waals surface area contributed by atoms with E-state index in [1.807, 2.05) is 54.6 Å². The van der Waals surface area contributed by atoms with Gasteiger partial charge in [-0.05, 0) is 22.8 Å². The molecule has 1 aliphatic rings. The number of aliphatic hydroxyl groups excluding tert-OH is 1. The SMILES string of the molecule is OCc1cccc2c1C=C(c1ccccc1)OC2.[C-]#[O+].[C-]#[O+].[C-]#[O+].[Cr]. The maximum atomic E-state index is 9.38. The van der Waals surface area contributed by atoms with Crippen molar-refractivity contribution in [1.82, 2.24) is 0 Å². The van der Waals surface area contributed by atoms with E-state index in [1.54, 1.807) is 0 Å². The van der Waals surface area contributed by atoms with Gasteiger partial charge in [0.15, 0.2) is 0 Å². The Morgan fingerprint density at radius 2 is 1.48 bits per heavy atom. The van der Waals surface area contributed by atoms with Gasteiger partial charge < -0.3 is 9.84 Å². The second kappa shape index (κ2) is 15.2. The fourth-order valence-corrected chi connectivity index (χ4v) is 2.21. The van der Waals surface area contributed by atoms with Crippen LogP contribution in [0.4, 0.5) is 0 Å². The minimum Gasteiger partial charge on any atom is 0 e. The molecule has 0 amide bonds. The van der Waals surface area contributed by atoms with E-state index in [9.17, 15) is 5.11 Å². The van der Waals surface area contributed by atoms with Crippen LogP contribution in [0, 0.1) is 20.0 Å². The van der Waals surface area contributed by atoms with Gasteiger partial charge in [0, 0.05) is 22.9 Å². The Bertz CT molecular complexity index is 703. The minimum absolute atomic E-state index is 0. The molecule has 0 bridgehead atoms. The Labute approximate surface area is 157 Å². The van der Waals surface area contributed by atoms with Gasteiger partial charge in [0.25, 0.3) is 0 Å². The van der Waals surface area contributed by atoms with Crippen LogP contribution in [0.3, 0.4) is 0 Å². The summed E-state index contributed by atoms with van der Waals surface area (Å²) in [6, 6.07) is 16.0. The molecule has 0 fully saturated rings. The largest absolute Gasteiger partial charge is 0 e. The maximum Gasteiger partial charge on any atom is 0 e. The van der Waals surface area contributed by atoms with Crippen molar-refractivity contribution in [3.63, 3.8) is 0 Å². The molecule has 126 valence electrons. The van der Waals surface area contributed by atoms with Crippen LogP contribution in [0.25, 0.3) is 11.8 Å². The molecule has 0 saturated heterocycles. The van der Waals surface area contributed by atoms with Gasteiger partial charge >= 0.3 is 33.9 Å². The van der Waals surface area contributed by atoms with Crippen molar-refractivity contribution >= 4 is 11.8 Å². The third-order valence-corrected chi connectivity index (χ3v) is 3.17. The van der Waals surface area contributed by atoms with Crippen LogP contribution in [0.1, 0.15) is 22.3 Å². The first-order valence-electron chi connectivity index (χ1n) is 6.61. The molecule has 6 heteroatoms. The average molecular weight is 374 g/mol. The summed E-state index contributed by atoms with van der Waals surface area (Å²) in [7, 11) is 0. The molecule has 0 aliphatic carbocycles. The van der Waals surface area contributed by atoms with E-state index in [4.69, 9.17) is 18.7 Å². The number of fused-ring (bicyclic) bond motifs is 1. The Morgan fingerprint density at radius 3 is 2.04 bits per heavy atom. The molecule has 0 spiro atoms. The first kappa shape index (κ1) is 24.9. The van der Waals surface area contributed by atoms with Gasteiger partial charge in [0.2, 0.25) is 0 Å². The van der Waals surface area contributed by atoms with E-state index in [2.05, 4.69) is 20.0 Å². The van der Waals surface area contributed by atoms with E-state index in [0.29, 0.717) is 6.61 Å². The molecule has 0 radical (unpaired) electrons. The quantitative estimate of drug-likeness (QED) is 0.647. The molecule has 3 rings (SSSR count). The molecule has 2 aromatic carbocycles. The molecule has 1 N–H and O–H groups in total. The van der Waals surface area contributed by atoms with Crippen molar-refractivity contribution < 1.29 is 41.2 Å². The Kier molecular flexibility index (Phi) is 15.2. The smallest absolute Gasteiger partial charge is 0 e. The number of aliphatic hydroxyl groups is 1. The van der Waals surface area contributed by atoms with Crippen molar-refractivity contribution in [2.24, 2.45) is 0 Å². The molecular formula is C19H14CrO5. The molecule has 5 nitrogen and oxygen atoms in total. The molecule has 0 atom stereocenters. The predicted molar refractivity (Wildman–Crippen MR) is 83.3 cm³/mol. The summed E-state index contributed by atoms with van der Waals surface area (Å²) in [6.07, 6.45) is 2.01. The Morgan fingerprint density at radius 1 is 0.880 bits per heavy atom. The maximum absolute atomic E-state index is 9.38. The van der Waals surface area contributed by atoms with E-state index in [1.165, 1.54) is 0 Å². The Hall–Kier alpha value is -2.31. The fraction of sp³-hybridized carbons (Fsp3) is 0.105. The van der Waals surface area contributed by atoms with Crippen LogP contribution < -0.4 is 0 Å². The number of rotatable bonds is 2. The predicted octanol–water partition coefficient (Wildman–Crippen LogP) is 3.09. The summed E-state index contributed by atoms with van der Waals surface area (Å²) < 4.78 is 28.3. The van der Waals surface area contributed by atoms with Crippen molar-refractivity contribution in [2.45, 2.75) is 13.2 Å². The van der Waals surface area contributed by atoms with Gasteiger partial charge in [0.05, 0.1) is 6.61 Å². The number of benzene rings is 2. The fourth-order valence-electron chi connectivity index (χ4n) is 2.21. The Balaban J connectivity index is 0. The molecule has 0 saturated carbocycles. The summed E-state index contributed by atoms with van der Waals surface area (Å²) in [6.45, 7) is 14.1. The molecular weight excluding hydrogens is 360 g/mol. The van der Waals surface area contributed by atoms with Gasteiger partial charge in [0.1, 0.15) is 12.4 Å². The monoisotopic (exact) mass is 374 g/mol. The van der Waals surface area contributed by atoms with Crippen LogP contribution in [-0.2, 0) is 49.3 Å². The molecule has 2 aromatic rings. The topological polar surface area (TPSA) is 89.2 Å². The normalized spacial score (nSPS) is 9.96. The second-order valence-electron chi connectivity index (χ2n) is 4.31. The third-order valence-electron chi connectivity index (χ3n) is 3.17. The van der Waals surface area contributed by atoms with Crippen LogP contribution in [0.15, 0.2) is 48.5 Å². The zero-order valence-corrected chi connectivity index (χ0v) is 14.4. The van der Waals surface area contributed by atoms with E-state index in [-0.39, 0.29) is 24.0 Å². The average Bonchev–Trinajstić information content (AvgIpc) is 2.72. The van der Waals surface area contributed by atoms with Crippen LogP contribution >= 0.6 is 0 Å². The zero-order chi connectivity index (χ0) is 18.4. The first-order valence-corrected chi connectivity index (χ1v) is 6.61. The van der Waals surface area contributed by atoms with Crippen molar-refractivity contribution in [3.05, 3.63) is 90.7 Å². The van der Waals surface area contributed by atoms with Crippen LogP contribution in [0.5, 0.6) is 0 Å². The van der Waals surface area contributed by atoms with Crippen LogP contribution in [-0.4, -0.2) is 5.11 Å². The third kappa shape index (κ3) is 6.99. The van der Waals surface area contributed by atoms with E-state index < -0.39 is 0 Å². The van der Waals surface area contributed by atoms with Gasteiger partial charge in [-0.25, -0.2) is 0 Å². The molecule has 25 heavy (non-hydrogen) atoms.